The first kappa shape index (κ1) is 23.2. The second-order valence-corrected chi connectivity index (χ2v) is 7.73. The Morgan fingerprint density at radius 2 is 1.47 bits per heavy atom. The maximum atomic E-state index is 11.5. The van der Waals surface area contributed by atoms with E-state index in [-0.39, 0.29) is 49.5 Å². The molecular weight excluding hydrogens is 416 g/mol. The molecule has 2 aromatic rings. The van der Waals surface area contributed by atoms with Gasteiger partial charge in [-0.15, -0.1) is 0 Å². The molecule has 172 valence electrons. The number of hydrogen-bond donors (Lipinski definition) is 1. The molecule has 0 unspecified atom stereocenters. The van der Waals surface area contributed by atoms with Gasteiger partial charge in [0.1, 0.15) is 0 Å². The third-order valence-electron chi connectivity index (χ3n) is 5.34. The van der Waals surface area contributed by atoms with Gasteiger partial charge in [-0.1, -0.05) is 12.1 Å². The molecule has 1 N–H and O–H groups in total. The number of methoxy groups -OCH3 is 1. The lowest BCUT2D eigenvalue weighted by Crippen LogP contribution is -2.29. The number of aromatic hydroxyl groups is 1. The van der Waals surface area contributed by atoms with E-state index in [1.54, 1.807) is 18.2 Å². The zero-order chi connectivity index (χ0) is 23.1. The van der Waals surface area contributed by atoms with Crippen LogP contribution in [0.4, 0.5) is 0 Å². The molecule has 2 aromatic carbocycles. The Morgan fingerprint density at radius 1 is 0.906 bits per heavy atom. The van der Waals surface area contributed by atoms with Gasteiger partial charge in [0.15, 0.2) is 23.0 Å². The molecule has 8 heteroatoms. The van der Waals surface area contributed by atoms with Crippen LogP contribution in [0.5, 0.6) is 23.0 Å². The molecule has 0 fully saturated rings. The standard InChI is InChI=1S/C24H28O8/c1-15(25)29-12-19(8-17-4-6-21(27)23(10-17)28-3)20(13-30-16(2)26)9-18-5-7-22-24(11-18)32-14-31-22/h4-7,10-11,19-20,27H,8-9,12-14H2,1-3H3/t19-,20+/m1/s1. The molecular formula is C24H28O8. The highest BCUT2D eigenvalue weighted by atomic mass is 16.7. The molecule has 0 aliphatic carbocycles. The van der Waals surface area contributed by atoms with Crippen LogP contribution in [0.3, 0.4) is 0 Å². The Balaban J connectivity index is 1.85. The number of carbonyl (C=O) groups is 2. The third kappa shape index (κ3) is 6.29. The first-order valence-corrected chi connectivity index (χ1v) is 10.4. The number of phenolic OH excluding ortho intramolecular Hbond substituents is 1. The topological polar surface area (TPSA) is 101 Å². The molecule has 1 aliphatic rings. The van der Waals surface area contributed by atoms with Crippen LogP contribution in [0.15, 0.2) is 36.4 Å². The van der Waals surface area contributed by atoms with E-state index in [9.17, 15) is 14.7 Å². The summed E-state index contributed by atoms with van der Waals surface area (Å²) in [6.07, 6.45) is 1.10. The molecule has 0 spiro atoms. The highest BCUT2D eigenvalue weighted by Gasteiger charge is 2.26. The minimum Gasteiger partial charge on any atom is -0.504 e. The smallest absolute Gasteiger partial charge is 0.302 e. The second-order valence-electron chi connectivity index (χ2n) is 7.73. The molecule has 2 atom stereocenters. The zero-order valence-corrected chi connectivity index (χ0v) is 18.5. The van der Waals surface area contributed by atoms with Crippen molar-refractivity contribution in [2.75, 3.05) is 27.1 Å². The summed E-state index contributed by atoms with van der Waals surface area (Å²) in [6.45, 7) is 3.25. The van der Waals surface area contributed by atoms with E-state index >= 15 is 0 Å². The van der Waals surface area contributed by atoms with Crippen molar-refractivity contribution in [3.8, 4) is 23.0 Å². The zero-order valence-electron chi connectivity index (χ0n) is 18.5. The molecule has 1 aliphatic heterocycles. The minimum atomic E-state index is -0.382. The molecule has 0 saturated carbocycles. The minimum absolute atomic E-state index is 0.0459. The van der Waals surface area contributed by atoms with E-state index in [4.69, 9.17) is 23.7 Å². The summed E-state index contributed by atoms with van der Waals surface area (Å²) < 4.78 is 26.8. The predicted octanol–water partition coefficient (Wildman–Crippen LogP) is 3.27. The molecule has 8 nitrogen and oxygen atoms in total. The molecule has 3 rings (SSSR count). The summed E-state index contributed by atoms with van der Waals surface area (Å²) in [5, 5.41) is 9.90. The highest BCUT2D eigenvalue weighted by molar-refractivity contribution is 5.66. The van der Waals surface area contributed by atoms with Crippen molar-refractivity contribution in [2.24, 2.45) is 11.8 Å². The molecule has 0 aromatic heterocycles. The van der Waals surface area contributed by atoms with Crippen molar-refractivity contribution >= 4 is 11.9 Å². The quantitative estimate of drug-likeness (QED) is 0.558. The monoisotopic (exact) mass is 444 g/mol. The summed E-state index contributed by atoms with van der Waals surface area (Å²) >= 11 is 0. The lowest BCUT2D eigenvalue weighted by molar-refractivity contribution is -0.147. The SMILES string of the molecule is COc1cc(C[C@H](COC(C)=O)[C@H](COC(C)=O)Cc2ccc3c(c2)OCO3)ccc1O. The average molecular weight is 444 g/mol. The number of phenols is 1. The Kier molecular flexibility index (Phi) is 7.81. The third-order valence-corrected chi connectivity index (χ3v) is 5.34. The molecule has 0 amide bonds. The largest absolute Gasteiger partial charge is 0.504 e. The maximum Gasteiger partial charge on any atom is 0.302 e. The normalized spacial score (nSPS) is 13.8. The summed E-state index contributed by atoms with van der Waals surface area (Å²) in [5.74, 6) is 0.722. The first-order chi connectivity index (χ1) is 15.4. The molecule has 0 radical (unpaired) electrons. The number of fused-ring (bicyclic) bond motifs is 1. The van der Waals surface area contributed by atoms with Crippen molar-refractivity contribution < 1.29 is 38.4 Å². The van der Waals surface area contributed by atoms with Gasteiger partial charge >= 0.3 is 11.9 Å². The van der Waals surface area contributed by atoms with Crippen LogP contribution in [0.2, 0.25) is 0 Å². The van der Waals surface area contributed by atoms with Gasteiger partial charge in [-0.3, -0.25) is 9.59 Å². The fraction of sp³-hybridized carbons (Fsp3) is 0.417. The van der Waals surface area contributed by atoms with Gasteiger partial charge in [0.25, 0.3) is 0 Å². The fourth-order valence-corrected chi connectivity index (χ4v) is 3.69. The van der Waals surface area contributed by atoms with Crippen LogP contribution in [0.1, 0.15) is 25.0 Å². The number of hydrogen-bond acceptors (Lipinski definition) is 8. The van der Waals surface area contributed by atoms with Gasteiger partial charge in [0, 0.05) is 25.7 Å². The summed E-state index contributed by atoms with van der Waals surface area (Å²) in [5.41, 5.74) is 1.89. The van der Waals surface area contributed by atoms with Gasteiger partial charge < -0.3 is 28.8 Å². The van der Waals surface area contributed by atoms with Crippen LogP contribution < -0.4 is 14.2 Å². The number of ether oxygens (including phenoxy) is 5. The van der Waals surface area contributed by atoms with E-state index < -0.39 is 0 Å². The highest BCUT2D eigenvalue weighted by Crippen LogP contribution is 2.34. The predicted molar refractivity (Wildman–Crippen MR) is 115 cm³/mol. The van der Waals surface area contributed by atoms with Crippen LogP contribution in [-0.2, 0) is 31.9 Å². The molecule has 1 heterocycles. The Labute approximate surface area is 187 Å². The summed E-state index contributed by atoms with van der Waals surface area (Å²) in [7, 11) is 1.48. The van der Waals surface area contributed by atoms with Crippen molar-refractivity contribution in [2.45, 2.75) is 26.7 Å². The van der Waals surface area contributed by atoms with Gasteiger partial charge in [0.05, 0.1) is 20.3 Å². The Morgan fingerprint density at radius 3 is 2.06 bits per heavy atom. The van der Waals surface area contributed by atoms with Gasteiger partial charge in [-0.2, -0.15) is 0 Å². The van der Waals surface area contributed by atoms with Gasteiger partial charge in [-0.05, 0) is 48.2 Å². The lowest BCUT2D eigenvalue weighted by Gasteiger charge is -2.27. The van der Waals surface area contributed by atoms with Crippen LogP contribution in [0.25, 0.3) is 0 Å². The second kappa shape index (κ2) is 10.7. The fourth-order valence-electron chi connectivity index (χ4n) is 3.69. The van der Waals surface area contributed by atoms with E-state index in [0.29, 0.717) is 30.1 Å². The number of esters is 2. The average Bonchev–Trinajstić information content (AvgIpc) is 3.23. The van der Waals surface area contributed by atoms with Crippen molar-refractivity contribution in [3.63, 3.8) is 0 Å². The lowest BCUT2D eigenvalue weighted by atomic mass is 9.83. The molecule has 0 bridgehead atoms. The van der Waals surface area contributed by atoms with Crippen molar-refractivity contribution in [1.82, 2.24) is 0 Å². The maximum absolute atomic E-state index is 11.5. The van der Waals surface area contributed by atoms with Crippen molar-refractivity contribution in [1.29, 1.82) is 0 Å². The molecule has 0 saturated heterocycles. The van der Waals surface area contributed by atoms with E-state index in [2.05, 4.69) is 0 Å². The van der Waals surface area contributed by atoms with Crippen LogP contribution in [0, 0.1) is 11.8 Å². The van der Waals surface area contributed by atoms with Crippen molar-refractivity contribution in [3.05, 3.63) is 47.5 Å². The van der Waals surface area contributed by atoms with Crippen LogP contribution >= 0.6 is 0 Å². The summed E-state index contributed by atoms with van der Waals surface area (Å²) in [6, 6.07) is 10.8. The number of rotatable bonds is 10. The number of benzene rings is 2. The van der Waals surface area contributed by atoms with Crippen LogP contribution in [-0.4, -0.2) is 44.2 Å². The van der Waals surface area contributed by atoms with Gasteiger partial charge in [0.2, 0.25) is 6.79 Å². The van der Waals surface area contributed by atoms with E-state index in [1.807, 2.05) is 18.2 Å². The molecule has 32 heavy (non-hydrogen) atoms. The first-order valence-electron chi connectivity index (χ1n) is 10.4. The van der Waals surface area contributed by atoms with E-state index in [1.165, 1.54) is 21.0 Å². The van der Waals surface area contributed by atoms with Gasteiger partial charge in [-0.25, -0.2) is 0 Å². The number of carbonyl (C=O) groups excluding carboxylic acids is 2. The summed E-state index contributed by atoms with van der Waals surface area (Å²) in [4.78, 5) is 23.1. The van der Waals surface area contributed by atoms with E-state index in [0.717, 1.165) is 11.1 Å². The Bertz CT molecular complexity index is 922. The Hall–Kier alpha value is -3.42.